The minimum absolute atomic E-state index is 0.105. The molecule has 1 atom stereocenters. The molecule has 1 aliphatic rings. The number of halogens is 2. The number of rotatable bonds is 4. The van der Waals surface area contributed by atoms with Gasteiger partial charge in [0, 0.05) is 23.1 Å². The Labute approximate surface area is 173 Å². The van der Waals surface area contributed by atoms with E-state index in [2.05, 4.69) is 0 Å². The highest BCUT2D eigenvalue weighted by atomic mass is 35.5. The van der Waals surface area contributed by atoms with Crippen LogP contribution < -0.4 is 0 Å². The third kappa shape index (κ3) is 3.68. The molecule has 27 heavy (non-hydrogen) atoms. The maximum Gasteiger partial charge on any atom is 0.293 e. The summed E-state index contributed by atoms with van der Waals surface area (Å²) in [6.45, 7) is 7.80. The van der Waals surface area contributed by atoms with Crippen LogP contribution in [0.2, 0.25) is 10.0 Å². The highest BCUT2D eigenvalue weighted by Gasteiger charge is 2.37. The fraction of sp³-hybridized carbons (Fsp3) is 0.300. The Bertz CT molecular complexity index is 965. The second-order valence-corrected chi connectivity index (χ2v) is 8.38. The molecule has 1 saturated heterocycles. The van der Waals surface area contributed by atoms with Crippen molar-refractivity contribution in [1.82, 2.24) is 9.47 Å². The van der Waals surface area contributed by atoms with Gasteiger partial charge in [-0.1, -0.05) is 30.1 Å². The molecule has 1 aromatic carbocycles. The number of imide groups is 1. The minimum atomic E-state index is -0.223. The highest BCUT2D eigenvalue weighted by molar-refractivity contribution is 8.18. The van der Waals surface area contributed by atoms with E-state index in [1.54, 1.807) is 12.1 Å². The van der Waals surface area contributed by atoms with E-state index in [1.807, 2.05) is 50.5 Å². The Hall–Kier alpha value is -1.69. The maximum absolute atomic E-state index is 12.7. The molecule has 4 nitrogen and oxygen atoms in total. The predicted molar refractivity (Wildman–Crippen MR) is 113 cm³/mol. The van der Waals surface area contributed by atoms with Crippen LogP contribution >= 0.6 is 35.0 Å². The molecule has 0 spiro atoms. The summed E-state index contributed by atoms with van der Waals surface area (Å²) >= 11 is 13.2. The molecule has 0 radical (unpaired) electrons. The van der Waals surface area contributed by atoms with Gasteiger partial charge in [0.05, 0.1) is 15.0 Å². The number of thioether (sulfide) groups is 1. The number of hydrogen-bond donors (Lipinski definition) is 0. The number of hydrogen-bond acceptors (Lipinski definition) is 3. The number of amides is 2. The van der Waals surface area contributed by atoms with Gasteiger partial charge in [-0.3, -0.25) is 14.5 Å². The average molecular weight is 423 g/mol. The fourth-order valence-corrected chi connectivity index (χ4v) is 4.35. The number of aryl methyl sites for hydroxylation is 1. The molecular formula is C20H20Cl2N2O2S. The van der Waals surface area contributed by atoms with Gasteiger partial charge in [0.15, 0.2) is 0 Å². The number of carbonyl (C=O) groups is 2. The predicted octanol–water partition coefficient (Wildman–Crippen LogP) is 6.24. The number of nitrogens with zero attached hydrogens (tertiary/aromatic N) is 2. The fourth-order valence-electron chi connectivity index (χ4n) is 3.14. The van der Waals surface area contributed by atoms with E-state index in [1.165, 1.54) is 4.90 Å². The van der Waals surface area contributed by atoms with Crippen LogP contribution in [0.15, 0.2) is 29.2 Å². The van der Waals surface area contributed by atoms with E-state index >= 15 is 0 Å². The van der Waals surface area contributed by atoms with Crippen molar-refractivity contribution in [2.24, 2.45) is 0 Å². The van der Waals surface area contributed by atoms with Crippen molar-refractivity contribution >= 4 is 52.2 Å². The standard InChI is InChI=1S/C20H20Cl2N2O2S/c1-5-11(2)24-19(25)18(27-20(24)26)9-14-8-12(3)23(13(14)4)15-6-7-16(21)17(22)10-15/h6-11H,5H2,1-4H3/b18-9-/t11-/m1/s1. The molecule has 1 aromatic heterocycles. The van der Waals surface area contributed by atoms with Crippen molar-refractivity contribution in [3.63, 3.8) is 0 Å². The summed E-state index contributed by atoms with van der Waals surface area (Å²) < 4.78 is 2.05. The van der Waals surface area contributed by atoms with E-state index in [4.69, 9.17) is 23.2 Å². The molecule has 3 rings (SSSR count). The Kier molecular flexibility index (Phi) is 5.75. The van der Waals surface area contributed by atoms with E-state index in [0.717, 1.165) is 40.8 Å². The first-order valence-corrected chi connectivity index (χ1v) is 10.2. The lowest BCUT2D eigenvalue weighted by atomic mass is 10.2. The lowest BCUT2D eigenvalue weighted by molar-refractivity contribution is -0.124. The van der Waals surface area contributed by atoms with Crippen LogP contribution in [-0.4, -0.2) is 26.7 Å². The molecule has 0 aliphatic carbocycles. The van der Waals surface area contributed by atoms with Crippen molar-refractivity contribution in [3.8, 4) is 5.69 Å². The van der Waals surface area contributed by atoms with Gasteiger partial charge in [0.2, 0.25) is 0 Å². The summed E-state index contributed by atoms with van der Waals surface area (Å²) in [6, 6.07) is 7.36. The average Bonchev–Trinajstić information content (AvgIpc) is 3.05. The van der Waals surface area contributed by atoms with Crippen LogP contribution in [-0.2, 0) is 4.79 Å². The van der Waals surface area contributed by atoms with Crippen LogP contribution in [0, 0.1) is 13.8 Å². The summed E-state index contributed by atoms with van der Waals surface area (Å²) in [7, 11) is 0. The molecule has 2 amide bonds. The zero-order valence-corrected chi connectivity index (χ0v) is 17.9. The van der Waals surface area contributed by atoms with Crippen LogP contribution in [0.25, 0.3) is 11.8 Å². The molecule has 2 aromatic rings. The summed E-state index contributed by atoms with van der Waals surface area (Å²) in [6.07, 6.45) is 2.53. The van der Waals surface area contributed by atoms with Gasteiger partial charge >= 0.3 is 0 Å². The lowest BCUT2D eigenvalue weighted by Crippen LogP contribution is -2.36. The Morgan fingerprint density at radius 3 is 2.48 bits per heavy atom. The van der Waals surface area contributed by atoms with Crippen molar-refractivity contribution in [2.75, 3.05) is 0 Å². The summed E-state index contributed by atoms with van der Waals surface area (Å²) in [5.41, 5.74) is 3.75. The number of aromatic nitrogens is 1. The van der Waals surface area contributed by atoms with Gasteiger partial charge < -0.3 is 4.57 Å². The minimum Gasteiger partial charge on any atom is -0.318 e. The molecule has 1 fully saturated rings. The normalized spacial score (nSPS) is 17.3. The first-order valence-electron chi connectivity index (χ1n) is 8.66. The second kappa shape index (κ2) is 7.74. The van der Waals surface area contributed by atoms with Gasteiger partial charge in [-0.15, -0.1) is 0 Å². The SMILES string of the molecule is CC[C@@H](C)N1C(=O)S/C(=C\c2cc(C)n(-c3ccc(Cl)c(Cl)c3)c2C)C1=O. The van der Waals surface area contributed by atoms with Crippen molar-refractivity contribution < 1.29 is 9.59 Å². The van der Waals surface area contributed by atoms with Crippen molar-refractivity contribution in [2.45, 2.75) is 40.2 Å². The topological polar surface area (TPSA) is 42.3 Å². The van der Waals surface area contributed by atoms with E-state index < -0.39 is 0 Å². The van der Waals surface area contributed by atoms with Gasteiger partial charge in [0.25, 0.3) is 11.1 Å². The highest BCUT2D eigenvalue weighted by Crippen LogP contribution is 2.35. The van der Waals surface area contributed by atoms with Crippen LogP contribution in [0.1, 0.15) is 37.2 Å². The first-order chi connectivity index (χ1) is 12.7. The van der Waals surface area contributed by atoms with Gasteiger partial charge in [-0.2, -0.15) is 0 Å². The summed E-state index contributed by atoms with van der Waals surface area (Å²) in [4.78, 5) is 26.7. The third-order valence-electron chi connectivity index (χ3n) is 4.77. The molecule has 142 valence electrons. The Morgan fingerprint density at radius 2 is 1.85 bits per heavy atom. The molecule has 2 heterocycles. The van der Waals surface area contributed by atoms with E-state index in [0.29, 0.717) is 15.0 Å². The summed E-state index contributed by atoms with van der Waals surface area (Å²) in [5, 5.41) is 0.776. The second-order valence-electron chi connectivity index (χ2n) is 6.57. The molecular weight excluding hydrogens is 403 g/mol. The molecule has 0 saturated carbocycles. The Morgan fingerprint density at radius 1 is 1.15 bits per heavy atom. The number of benzene rings is 1. The van der Waals surface area contributed by atoms with Crippen LogP contribution in [0.5, 0.6) is 0 Å². The third-order valence-corrected chi connectivity index (χ3v) is 6.40. The molecule has 1 aliphatic heterocycles. The van der Waals surface area contributed by atoms with Crippen LogP contribution in [0.4, 0.5) is 4.79 Å². The Balaban J connectivity index is 2.00. The summed E-state index contributed by atoms with van der Waals surface area (Å²) in [5.74, 6) is -0.223. The smallest absolute Gasteiger partial charge is 0.293 e. The number of carbonyl (C=O) groups excluding carboxylic acids is 2. The quantitative estimate of drug-likeness (QED) is 0.547. The zero-order chi connectivity index (χ0) is 19.9. The maximum atomic E-state index is 12.7. The van der Waals surface area contributed by atoms with Gasteiger partial charge in [0.1, 0.15) is 0 Å². The largest absolute Gasteiger partial charge is 0.318 e. The lowest BCUT2D eigenvalue weighted by Gasteiger charge is -2.19. The van der Waals surface area contributed by atoms with E-state index in [9.17, 15) is 9.59 Å². The first kappa shape index (κ1) is 20.1. The molecule has 0 bridgehead atoms. The molecule has 7 heteroatoms. The zero-order valence-electron chi connectivity index (χ0n) is 15.5. The molecule has 0 N–H and O–H groups in total. The monoisotopic (exact) mass is 422 g/mol. The van der Waals surface area contributed by atoms with E-state index in [-0.39, 0.29) is 17.2 Å². The van der Waals surface area contributed by atoms with Gasteiger partial charge in [-0.25, -0.2) is 0 Å². The van der Waals surface area contributed by atoms with Crippen LogP contribution in [0.3, 0.4) is 0 Å². The molecule has 0 unspecified atom stereocenters. The van der Waals surface area contributed by atoms with Crippen molar-refractivity contribution in [3.05, 3.63) is 56.2 Å². The van der Waals surface area contributed by atoms with Gasteiger partial charge in [-0.05, 0) is 74.9 Å². The van der Waals surface area contributed by atoms with Crippen molar-refractivity contribution in [1.29, 1.82) is 0 Å².